The largest absolute Gasteiger partial charge is 0.464 e. The minimum Gasteiger partial charge on any atom is -0.464 e. The number of hydrogen-bond donors (Lipinski definition) is 2. The van der Waals surface area contributed by atoms with Gasteiger partial charge in [-0.2, -0.15) is 0 Å². The molecule has 0 atom stereocenters. The first kappa shape index (κ1) is 11.2. The standard InChI is InChI=1S/C13H16O3/c1-8(2)12-10(6-14)5-9-3-4-16-13(9)11(12)7-15/h3-5,8,14-15H,6-7H2,1-2H3. The van der Waals surface area contributed by atoms with E-state index in [-0.39, 0.29) is 19.1 Å². The molecule has 3 heteroatoms. The van der Waals surface area contributed by atoms with Crippen LogP contribution in [0.3, 0.4) is 0 Å². The Morgan fingerprint density at radius 3 is 2.56 bits per heavy atom. The summed E-state index contributed by atoms with van der Waals surface area (Å²) in [6.45, 7) is 4.01. The first-order chi connectivity index (χ1) is 7.69. The summed E-state index contributed by atoms with van der Waals surface area (Å²) >= 11 is 0. The Morgan fingerprint density at radius 1 is 1.25 bits per heavy atom. The molecule has 0 amide bonds. The zero-order valence-electron chi connectivity index (χ0n) is 9.53. The van der Waals surface area contributed by atoms with Crippen LogP contribution in [0.5, 0.6) is 0 Å². The first-order valence-corrected chi connectivity index (χ1v) is 5.42. The van der Waals surface area contributed by atoms with Crippen LogP contribution in [0.4, 0.5) is 0 Å². The minimum atomic E-state index is -0.0641. The van der Waals surface area contributed by atoms with Gasteiger partial charge in [-0.1, -0.05) is 13.8 Å². The average Bonchev–Trinajstić information content (AvgIpc) is 2.73. The van der Waals surface area contributed by atoms with E-state index in [2.05, 4.69) is 0 Å². The molecule has 0 bridgehead atoms. The number of aliphatic hydroxyl groups excluding tert-OH is 2. The Bertz CT molecular complexity index is 497. The van der Waals surface area contributed by atoms with Crippen LogP contribution in [-0.2, 0) is 13.2 Å². The van der Waals surface area contributed by atoms with Crippen LogP contribution in [0.25, 0.3) is 11.0 Å². The predicted molar refractivity (Wildman–Crippen MR) is 62.1 cm³/mol. The molecule has 0 aliphatic rings. The third kappa shape index (κ3) is 1.62. The first-order valence-electron chi connectivity index (χ1n) is 5.42. The SMILES string of the molecule is CC(C)c1c(CO)cc2ccoc2c1CO. The molecule has 1 heterocycles. The quantitative estimate of drug-likeness (QED) is 0.835. The molecule has 0 spiro atoms. The zero-order valence-corrected chi connectivity index (χ0v) is 9.53. The molecule has 1 aromatic heterocycles. The molecular weight excluding hydrogens is 204 g/mol. The molecular formula is C13H16O3. The van der Waals surface area contributed by atoms with Crippen LogP contribution in [0.2, 0.25) is 0 Å². The highest BCUT2D eigenvalue weighted by molar-refractivity contribution is 5.83. The van der Waals surface area contributed by atoms with Crippen molar-refractivity contribution in [3.63, 3.8) is 0 Å². The van der Waals surface area contributed by atoms with E-state index in [4.69, 9.17) is 4.42 Å². The van der Waals surface area contributed by atoms with Crippen LogP contribution >= 0.6 is 0 Å². The fraction of sp³-hybridized carbons (Fsp3) is 0.385. The van der Waals surface area contributed by atoms with Gasteiger partial charge in [0.05, 0.1) is 19.5 Å². The molecule has 0 unspecified atom stereocenters. The lowest BCUT2D eigenvalue weighted by Crippen LogP contribution is -2.03. The number of hydrogen-bond acceptors (Lipinski definition) is 3. The van der Waals surface area contributed by atoms with Crippen molar-refractivity contribution in [1.29, 1.82) is 0 Å². The Balaban J connectivity index is 2.80. The Morgan fingerprint density at radius 2 is 2.00 bits per heavy atom. The molecule has 1 aromatic carbocycles. The van der Waals surface area contributed by atoms with E-state index in [0.29, 0.717) is 0 Å². The smallest absolute Gasteiger partial charge is 0.139 e. The van der Waals surface area contributed by atoms with E-state index in [0.717, 1.165) is 27.7 Å². The highest BCUT2D eigenvalue weighted by Crippen LogP contribution is 2.32. The summed E-state index contributed by atoms with van der Waals surface area (Å²) in [5.41, 5.74) is 3.38. The fourth-order valence-electron chi connectivity index (χ4n) is 2.27. The molecule has 2 aromatic rings. The van der Waals surface area contributed by atoms with Gasteiger partial charge in [-0.3, -0.25) is 0 Å². The van der Waals surface area contributed by atoms with Gasteiger partial charge in [-0.05, 0) is 29.2 Å². The van der Waals surface area contributed by atoms with Gasteiger partial charge in [-0.15, -0.1) is 0 Å². The van der Waals surface area contributed by atoms with Gasteiger partial charge in [-0.25, -0.2) is 0 Å². The van der Waals surface area contributed by atoms with Crippen LogP contribution in [0, 0.1) is 0 Å². The van der Waals surface area contributed by atoms with E-state index in [1.54, 1.807) is 6.26 Å². The summed E-state index contributed by atoms with van der Waals surface area (Å²) in [5, 5.41) is 19.8. The van der Waals surface area contributed by atoms with Crippen molar-refractivity contribution in [2.45, 2.75) is 33.0 Å². The highest BCUT2D eigenvalue weighted by Gasteiger charge is 2.16. The fourth-order valence-corrected chi connectivity index (χ4v) is 2.27. The second-order valence-corrected chi connectivity index (χ2v) is 4.24. The van der Waals surface area contributed by atoms with Crippen molar-refractivity contribution in [1.82, 2.24) is 0 Å². The van der Waals surface area contributed by atoms with Crippen molar-refractivity contribution in [3.05, 3.63) is 35.1 Å². The lowest BCUT2D eigenvalue weighted by molar-refractivity contribution is 0.272. The molecule has 0 saturated carbocycles. The van der Waals surface area contributed by atoms with E-state index < -0.39 is 0 Å². The number of benzene rings is 1. The maximum Gasteiger partial charge on any atom is 0.139 e. The topological polar surface area (TPSA) is 53.6 Å². The maximum atomic E-state index is 9.46. The van der Waals surface area contributed by atoms with Gasteiger partial charge in [0.2, 0.25) is 0 Å². The summed E-state index contributed by atoms with van der Waals surface area (Å²) in [5.74, 6) is 0.249. The van der Waals surface area contributed by atoms with E-state index in [1.807, 2.05) is 26.0 Å². The van der Waals surface area contributed by atoms with Crippen molar-refractivity contribution in [2.24, 2.45) is 0 Å². The molecule has 0 aliphatic heterocycles. The summed E-state index contributed by atoms with van der Waals surface area (Å²) in [6.07, 6.45) is 1.61. The van der Waals surface area contributed by atoms with Crippen LogP contribution in [0.1, 0.15) is 36.5 Å². The molecule has 2 N–H and O–H groups in total. The Hall–Kier alpha value is -1.32. The lowest BCUT2D eigenvalue weighted by Gasteiger charge is -2.16. The van der Waals surface area contributed by atoms with Gasteiger partial charge in [0.1, 0.15) is 5.58 Å². The van der Waals surface area contributed by atoms with Crippen molar-refractivity contribution >= 4 is 11.0 Å². The van der Waals surface area contributed by atoms with Gasteiger partial charge >= 0.3 is 0 Å². The molecule has 0 radical (unpaired) electrons. The van der Waals surface area contributed by atoms with Gasteiger partial charge < -0.3 is 14.6 Å². The van der Waals surface area contributed by atoms with Crippen LogP contribution < -0.4 is 0 Å². The van der Waals surface area contributed by atoms with Gasteiger partial charge in [0.25, 0.3) is 0 Å². The third-order valence-corrected chi connectivity index (χ3v) is 2.88. The summed E-state index contributed by atoms with van der Waals surface area (Å²) in [4.78, 5) is 0. The molecule has 2 rings (SSSR count). The summed E-state index contributed by atoms with van der Waals surface area (Å²) in [6, 6.07) is 3.77. The maximum absolute atomic E-state index is 9.46. The van der Waals surface area contributed by atoms with Gasteiger partial charge in [0.15, 0.2) is 0 Å². The predicted octanol–water partition coefficient (Wildman–Crippen LogP) is 2.54. The normalized spacial score (nSPS) is 11.6. The lowest BCUT2D eigenvalue weighted by atomic mass is 9.91. The van der Waals surface area contributed by atoms with Gasteiger partial charge in [0, 0.05) is 10.9 Å². The molecule has 3 nitrogen and oxygen atoms in total. The van der Waals surface area contributed by atoms with Crippen molar-refractivity contribution in [3.8, 4) is 0 Å². The summed E-state index contributed by atoms with van der Waals surface area (Å²) < 4.78 is 5.39. The average molecular weight is 220 g/mol. The molecule has 16 heavy (non-hydrogen) atoms. The number of fused-ring (bicyclic) bond motifs is 1. The van der Waals surface area contributed by atoms with Crippen molar-refractivity contribution in [2.75, 3.05) is 0 Å². The second-order valence-electron chi connectivity index (χ2n) is 4.24. The zero-order chi connectivity index (χ0) is 11.7. The second kappa shape index (κ2) is 4.28. The molecule has 86 valence electrons. The third-order valence-electron chi connectivity index (χ3n) is 2.88. The molecule has 0 aliphatic carbocycles. The van der Waals surface area contributed by atoms with Crippen LogP contribution in [0.15, 0.2) is 22.8 Å². The highest BCUT2D eigenvalue weighted by atomic mass is 16.3. The Kier molecular flexibility index (Phi) is 2.99. The number of furan rings is 1. The molecule has 0 saturated heterocycles. The van der Waals surface area contributed by atoms with E-state index in [1.165, 1.54) is 0 Å². The van der Waals surface area contributed by atoms with Crippen LogP contribution in [-0.4, -0.2) is 10.2 Å². The monoisotopic (exact) mass is 220 g/mol. The van der Waals surface area contributed by atoms with Crippen molar-refractivity contribution < 1.29 is 14.6 Å². The Labute approximate surface area is 94.3 Å². The minimum absolute atomic E-state index is 0.0123. The number of aliphatic hydroxyl groups is 2. The summed E-state index contributed by atoms with van der Waals surface area (Å²) in [7, 11) is 0. The van der Waals surface area contributed by atoms with E-state index >= 15 is 0 Å². The van der Waals surface area contributed by atoms with E-state index in [9.17, 15) is 10.2 Å². The molecule has 0 fully saturated rings. The number of rotatable bonds is 3.